The average molecular weight is 470 g/mol. The van der Waals surface area contributed by atoms with Gasteiger partial charge in [0, 0.05) is 12.5 Å². The fourth-order valence-corrected chi connectivity index (χ4v) is 2.54. The lowest BCUT2D eigenvalue weighted by molar-refractivity contribution is -0.160. The number of carboxylic acids is 1. The van der Waals surface area contributed by atoms with Crippen molar-refractivity contribution < 1.29 is 50.1 Å². The minimum absolute atomic E-state index is 0.0764. The van der Waals surface area contributed by atoms with E-state index in [1.807, 2.05) is 0 Å². The summed E-state index contributed by atoms with van der Waals surface area (Å²) in [6.07, 6.45) is 0.565. The molecule has 0 radical (unpaired) electrons. The molecule has 3 aromatic carbocycles. The number of hydrogen-bond donors (Lipinski definition) is 7. The lowest BCUT2D eigenvalue weighted by atomic mass is 10.1. The number of carbonyl (C=O) groups excluding carboxylic acids is 1. The van der Waals surface area contributed by atoms with E-state index in [4.69, 9.17) is 14.9 Å². The van der Waals surface area contributed by atoms with Gasteiger partial charge in [0.2, 0.25) is 6.10 Å². The molecule has 1 unspecified atom stereocenters. The molecular formula is C24H22O10. The normalized spacial score (nSPS) is 11.3. The van der Waals surface area contributed by atoms with Crippen LogP contribution in [0.1, 0.15) is 11.1 Å². The first kappa shape index (κ1) is 25.4. The van der Waals surface area contributed by atoms with Crippen LogP contribution in [0.4, 0.5) is 0 Å². The van der Waals surface area contributed by atoms with Crippen LogP contribution in [0.2, 0.25) is 0 Å². The topological polar surface area (TPSA) is 185 Å². The van der Waals surface area contributed by atoms with Crippen molar-refractivity contribution in [1.82, 2.24) is 0 Å². The maximum atomic E-state index is 11.8. The minimum atomic E-state index is -1.50. The largest absolute Gasteiger partial charge is 0.504 e. The van der Waals surface area contributed by atoms with E-state index in [0.717, 1.165) is 6.08 Å². The second-order valence-corrected chi connectivity index (χ2v) is 6.86. The van der Waals surface area contributed by atoms with Crippen molar-refractivity contribution in [3.8, 4) is 34.5 Å². The third kappa shape index (κ3) is 7.68. The molecule has 0 saturated heterocycles. The Balaban J connectivity index is 0.000000430. The molecule has 0 aliphatic carbocycles. The zero-order valence-corrected chi connectivity index (χ0v) is 17.6. The lowest BCUT2D eigenvalue weighted by Crippen LogP contribution is -2.28. The molecule has 7 N–H and O–H groups in total. The van der Waals surface area contributed by atoms with Gasteiger partial charge in [-0.05, 0) is 53.6 Å². The highest BCUT2D eigenvalue weighted by atomic mass is 16.6. The zero-order chi connectivity index (χ0) is 25.3. The number of carboxylic acid groups (broad SMARTS) is 1. The number of rotatable bonds is 6. The van der Waals surface area contributed by atoms with Gasteiger partial charge in [0.1, 0.15) is 0 Å². The Hall–Kier alpha value is -4.86. The quantitative estimate of drug-likeness (QED) is 0.160. The molecule has 3 rings (SSSR count). The number of hydrogen-bond acceptors (Lipinski definition) is 9. The van der Waals surface area contributed by atoms with Crippen molar-refractivity contribution in [3.63, 3.8) is 0 Å². The number of carbonyl (C=O) groups is 2. The van der Waals surface area contributed by atoms with Crippen molar-refractivity contribution in [2.45, 2.75) is 12.5 Å². The molecule has 0 spiro atoms. The van der Waals surface area contributed by atoms with Crippen molar-refractivity contribution in [2.75, 3.05) is 0 Å². The van der Waals surface area contributed by atoms with Gasteiger partial charge in [-0.1, -0.05) is 24.3 Å². The van der Waals surface area contributed by atoms with E-state index in [1.165, 1.54) is 54.6 Å². The number of esters is 1. The molecule has 10 heteroatoms. The molecule has 0 bridgehead atoms. The second kappa shape index (κ2) is 11.7. The number of ether oxygens (including phenoxy) is 1. The molecule has 34 heavy (non-hydrogen) atoms. The predicted octanol–water partition coefficient (Wildman–Crippen LogP) is 2.86. The Morgan fingerprint density at radius 1 is 0.735 bits per heavy atom. The highest BCUT2D eigenvalue weighted by molar-refractivity contribution is 5.89. The third-order valence-electron chi connectivity index (χ3n) is 4.29. The van der Waals surface area contributed by atoms with Gasteiger partial charge in [-0.3, -0.25) is 0 Å². The lowest BCUT2D eigenvalue weighted by Gasteiger charge is -2.13. The van der Waals surface area contributed by atoms with Crippen LogP contribution in [0.25, 0.3) is 6.08 Å². The van der Waals surface area contributed by atoms with E-state index >= 15 is 0 Å². The van der Waals surface area contributed by atoms with E-state index in [2.05, 4.69) is 0 Å². The second-order valence-electron chi connectivity index (χ2n) is 6.86. The van der Waals surface area contributed by atoms with E-state index in [-0.39, 0.29) is 35.2 Å². The fourth-order valence-electron chi connectivity index (χ4n) is 2.54. The molecule has 3 aromatic rings. The Morgan fingerprint density at radius 3 is 1.76 bits per heavy atom. The van der Waals surface area contributed by atoms with Crippen LogP contribution in [0, 0.1) is 0 Å². The number of aliphatic carboxylic acids is 1. The number of para-hydroxylation sites is 2. The van der Waals surface area contributed by atoms with Crippen LogP contribution in [0.15, 0.2) is 66.7 Å². The number of phenols is 6. The molecule has 10 nitrogen and oxygen atoms in total. The van der Waals surface area contributed by atoms with Crippen LogP contribution in [-0.2, 0) is 20.7 Å². The first-order chi connectivity index (χ1) is 16.1. The predicted molar refractivity (Wildman–Crippen MR) is 120 cm³/mol. The summed E-state index contributed by atoms with van der Waals surface area (Å²) in [5, 5.41) is 63.8. The molecule has 0 aliphatic heterocycles. The van der Waals surface area contributed by atoms with E-state index < -0.39 is 23.8 Å². The van der Waals surface area contributed by atoms with E-state index in [1.54, 1.807) is 12.1 Å². The highest BCUT2D eigenvalue weighted by Gasteiger charge is 2.22. The van der Waals surface area contributed by atoms with Gasteiger partial charge < -0.3 is 40.5 Å². The SMILES string of the molecule is O=C(/C=C/c1ccc(O)c(O)c1)OC(Cc1ccc(O)c(O)c1)C(=O)O.Oc1ccccc1O. The van der Waals surface area contributed by atoms with E-state index in [0.29, 0.717) is 11.1 Å². The first-order valence-corrected chi connectivity index (χ1v) is 9.68. The monoisotopic (exact) mass is 470 g/mol. The molecule has 1 atom stereocenters. The van der Waals surface area contributed by atoms with Crippen LogP contribution in [0.5, 0.6) is 34.5 Å². The highest BCUT2D eigenvalue weighted by Crippen LogP contribution is 2.26. The first-order valence-electron chi connectivity index (χ1n) is 9.68. The van der Waals surface area contributed by atoms with Crippen LogP contribution < -0.4 is 0 Å². The summed E-state index contributed by atoms with van der Waals surface area (Å²) in [4.78, 5) is 23.1. The summed E-state index contributed by atoms with van der Waals surface area (Å²) in [6, 6.07) is 13.8. The maximum absolute atomic E-state index is 11.8. The molecular weight excluding hydrogens is 448 g/mol. The van der Waals surface area contributed by atoms with Crippen LogP contribution >= 0.6 is 0 Å². The van der Waals surface area contributed by atoms with Crippen molar-refractivity contribution in [1.29, 1.82) is 0 Å². The van der Waals surface area contributed by atoms with Crippen molar-refractivity contribution >= 4 is 18.0 Å². The molecule has 178 valence electrons. The molecule has 0 fully saturated rings. The van der Waals surface area contributed by atoms with Gasteiger partial charge in [0.25, 0.3) is 0 Å². The maximum Gasteiger partial charge on any atom is 0.345 e. The molecule has 0 aromatic heterocycles. The fraction of sp³-hybridized carbons (Fsp3) is 0.0833. The summed E-state index contributed by atoms with van der Waals surface area (Å²) in [5.74, 6) is -3.89. The Morgan fingerprint density at radius 2 is 1.26 bits per heavy atom. The summed E-state index contributed by atoms with van der Waals surface area (Å²) in [7, 11) is 0. The average Bonchev–Trinajstić information content (AvgIpc) is 2.79. The van der Waals surface area contributed by atoms with Gasteiger partial charge in [-0.25, -0.2) is 9.59 Å². The van der Waals surface area contributed by atoms with E-state index in [9.17, 15) is 35.1 Å². The minimum Gasteiger partial charge on any atom is -0.504 e. The Labute approximate surface area is 193 Å². The van der Waals surface area contributed by atoms with Gasteiger partial charge in [-0.15, -0.1) is 0 Å². The van der Waals surface area contributed by atoms with Crippen molar-refractivity contribution in [3.05, 3.63) is 77.9 Å². The summed E-state index contributed by atoms with van der Waals surface area (Å²) < 4.78 is 4.88. The third-order valence-corrected chi connectivity index (χ3v) is 4.29. The zero-order valence-electron chi connectivity index (χ0n) is 17.6. The Kier molecular flexibility index (Phi) is 8.72. The number of aromatic hydroxyl groups is 6. The van der Waals surface area contributed by atoms with Gasteiger partial charge in [-0.2, -0.15) is 0 Å². The molecule has 0 aliphatic rings. The number of benzene rings is 3. The molecule has 0 amide bonds. The Bertz CT molecular complexity index is 1170. The van der Waals surface area contributed by atoms with Crippen molar-refractivity contribution in [2.24, 2.45) is 0 Å². The van der Waals surface area contributed by atoms with Gasteiger partial charge in [0.15, 0.2) is 34.5 Å². The summed E-state index contributed by atoms with van der Waals surface area (Å²) in [6.45, 7) is 0. The summed E-state index contributed by atoms with van der Waals surface area (Å²) >= 11 is 0. The van der Waals surface area contributed by atoms with Gasteiger partial charge in [0.05, 0.1) is 0 Å². The molecule has 0 saturated carbocycles. The van der Waals surface area contributed by atoms with Crippen LogP contribution in [0.3, 0.4) is 0 Å². The van der Waals surface area contributed by atoms with Gasteiger partial charge >= 0.3 is 11.9 Å². The van der Waals surface area contributed by atoms with Crippen LogP contribution in [-0.4, -0.2) is 53.8 Å². The number of phenolic OH excluding ortho intramolecular Hbond substituents is 6. The summed E-state index contributed by atoms with van der Waals surface area (Å²) in [5.41, 5.74) is 0.750. The smallest absolute Gasteiger partial charge is 0.345 e. The molecule has 0 heterocycles. The standard InChI is InChI=1S/C18H16O8.C6H6O2/c19-12-4-1-10(7-14(12)21)3-6-17(23)26-16(18(24)25)9-11-2-5-13(20)15(22)8-11;7-5-3-1-2-4-6(5)8/h1-8,16,19-22H,9H2,(H,24,25);1-4,7-8H/b6-3+;.